The van der Waals surface area contributed by atoms with Gasteiger partial charge in [0, 0.05) is 11.8 Å². The van der Waals surface area contributed by atoms with Gasteiger partial charge in [0.1, 0.15) is 38.2 Å². The fourth-order valence-electron chi connectivity index (χ4n) is 4.15. The number of nitrogens with one attached hydrogen (secondary N) is 1. The zero-order chi connectivity index (χ0) is 27.3. The Morgan fingerprint density at radius 1 is 1.19 bits per heavy atom. The van der Waals surface area contributed by atoms with E-state index in [0.29, 0.717) is 4.31 Å². The number of hydroxylamine groups is 1. The Hall–Kier alpha value is -3.14. The maximum atomic E-state index is 16.1. The third-order valence-corrected chi connectivity index (χ3v) is 7.69. The Bertz CT molecular complexity index is 1590. The molecule has 11 nitrogen and oxygen atoms in total. The van der Waals surface area contributed by atoms with Crippen LogP contribution in [0.5, 0.6) is 0 Å². The highest BCUT2D eigenvalue weighted by Gasteiger charge is 2.39. The van der Waals surface area contributed by atoms with E-state index in [2.05, 4.69) is 10.5 Å². The number of hydrogen-bond donors (Lipinski definition) is 1. The highest BCUT2D eigenvalue weighted by atomic mass is 32.2. The van der Waals surface area contributed by atoms with Gasteiger partial charge in [-0.15, -0.1) is 0 Å². The van der Waals surface area contributed by atoms with Crippen LogP contribution in [-0.4, -0.2) is 65.7 Å². The lowest BCUT2D eigenvalue weighted by Crippen LogP contribution is -2.40. The van der Waals surface area contributed by atoms with Crippen molar-refractivity contribution in [3.63, 3.8) is 0 Å². The minimum atomic E-state index is -4.15. The van der Waals surface area contributed by atoms with Gasteiger partial charge in [-0.2, -0.15) is 0 Å². The highest BCUT2D eigenvalue weighted by molar-refractivity contribution is 7.92. The van der Waals surface area contributed by atoms with E-state index in [-0.39, 0.29) is 28.1 Å². The molecule has 1 aliphatic rings. The average Bonchev–Trinajstić information content (AvgIpc) is 3.09. The Labute approximate surface area is 211 Å². The van der Waals surface area contributed by atoms with Crippen molar-refractivity contribution in [2.75, 3.05) is 36.2 Å². The number of fused-ring (bicyclic) bond motifs is 2. The summed E-state index contributed by atoms with van der Waals surface area (Å²) in [5, 5.41) is 0. The first-order valence-electron chi connectivity index (χ1n) is 10.8. The molecule has 2 aromatic heterocycles. The van der Waals surface area contributed by atoms with Gasteiger partial charge in [-0.1, -0.05) is 0 Å². The van der Waals surface area contributed by atoms with Gasteiger partial charge < -0.3 is 9.15 Å². The number of carbonyl (C=O) groups is 1. The molecule has 2 atom stereocenters. The third kappa shape index (κ3) is 5.30. The molecule has 37 heavy (non-hydrogen) atoms. The lowest BCUT2D eigenvalue weighted by atomic mass is 10.1. The number of rotatable bonds is 6. The molecular weight excluding hydrogens is 536 g/mol. The summed E-state index contributed by atoms with van der Waals surface area (Å²) in [7, 11) is -6.57. The number of pyridine rings is 1. The van der Waals surface area contributed by atoms with E-state index >= 15 is 4.39 Å². The molecule has 0 unspecified atom stereocenters. The topological polar surface area (TPSA) is 145 Å². The van der Waals surface area contributed by atoms with Crippen molar-refractivity contribution in [3.8, 4) is 11.3 Å². The van der Waals surface area contributed by atoms with Crippen molar-refractivity contribution >= 4 is 42.6 Å². The van der Waals surface area contributed by atoms with Crippen molar-refractivity contribution in [1.82, 2.24) is 10.5 Å². The Kier molecular flexibility index (Phi) is 7.00. The Morgan fingerprint density at radius 2 is 1.84 bits per heavy atom. The smallest absolute Gasteiger partial charge is 0.281 e. The quantitative estimate of drug-likeness (QED) is 0.450. The second-order valence-electron chi connectivity index (χ2n) is 8.57. The van der Waals surface area contributed by atoms with E-state index in [0.717, 1.165) is 24.6 Å². The van der Waals surface area contributed by atoms with Crippen LogP contribution in [0.3, 0.4) is 0 Å². The summed E-state index contributed by atoms with van der Waals surface area (Å²) >= 11 is 0. The minimum Gasteiger partial charge on any atom is -0.450 e. The number of sulfonamides is 1. The zero-order valence-electron chi connectivity index (χ0n) is 20.1. The summed E-state index contributed by atoms with van der Waals surface area (Å²) in [5.41, 5.74) is 0.589. The predicted molar refractivity (Wildman–Crippen MR) is 129 cm³/mol. The zero-order valence-corrected chi connectivity index (χ0v) is 21.7. The number of amides is 1. The molecule has 0 saturated carbocycles. The normalized spacial score (nSPS) is 18.5. The van der Waals surface area contributed by atoms with E-state index in [4.69, 9.17) is 14.0 Å². The van der Waals surface area contributed by atoms with Crippen molar-refractivity contribution in [2.24, 2.45) is 0 Å². The van der Waals surface area contributed by atoms with Crippen LogP contribution < -0.4 is 9.79 Å². The van der Waals surface area contributed by atoms with Crippen LogP contribution in [0, 0.1) is 11.6 Å². The lowest BCUT2D eigenvalue weighted by molar-refractivity contribution is 0.0172. The second-order valence-corrected chi connectivity index (χ2v) is 12.7. The summed E-state index contributed by atoms with van der Waals surface area (Å²) < 4.78 is 91.0. The van der Waals surface area contributed by atoms with Crippen molar-refractivity contribution < 1.29 is 44.4 Å². The van der Waals surface area contributed by atoms with E-state index in [1.165, 1.54) is 26.2 Å². The van der Waals surface area contributed by atoms with E-state index in [1.807, 2.05) is 0 Å². The van der Waals surface area contributed by atoms with Crippen LogP contribution in [0.2, 0.25) is 0 Å². The molecule has 0 aliphatic carbocycles. The van der Waals surface area contributed by atoms with Gasteiger partial charge >= 0.3 is 0 Å². The molecule has 200 valence electrons. The van der Waals surface area contributed by atoms with Gasteiger partial charge in [-0.3, -0.25) is 13.9 Å². The first-order valence-corrected chi connectivity index (χ1v) is 14.7. The summed E-state index contributed by atoms with van der Waals surface area (Å²) in [4.78, 5) is 22.0. The van der Waals surface area contributed by atoms with Crippen molar-refractivity contribution in [2.45, 2.75) is 19.1 Å². The second kappa shape index (κ2) is 9.63. The molecule has 0 spiro atoms. The van der Waals surface area contributed by atoms with E-state index in [1.54, 1.807) is 0 Å². The third-order valence-electron chi connectivity index (χ3n) is 5.58. The maximum absolute atomic E-state index is 16.1. The molecule has 0 fully saturated rings. The number of halogens is 2. The SMILES string of the molecule is CONC(=O)c1c(-c2ccc(F)cc2)oc2c(F)c3c(nc12)[C@H](C)O[C@H](CS(C)(=O)=O)CN3S(C)(=O)=O. The van der Waals surface area contributed by atoms with Crippen molar-refractivity contribution in [1.29, 1.82) is 0 Å². The van der Waals surface area contributed by atoms with E-state index in [9.17, 15) is 26.0 Å². The number of nitrogens with zero attached hydrogens (tertiary/aromatic N) is 2. The Balaban J connectivity index is 2.02. The number of benzene rings is 1. The molecule has 15 heteroatoms. The van der Waals surface area contributed by atoms with Gasteiger partial charge in [0.25, 0.3) is 5.91 Å². The molecule has 1 N–H and O–H groups in total. The number of anilines is 1. The molecule has 3 heterocycles. The fourth-order valence-corrected chi connectivity index (χ4v) is 5.96. The summed E-state index contributed by atoms with van der Waals surface area (Å²) in [6, 6.07) is 4.85. The number of furan rings is 1. The minimum absolute atomic E-state index is 0.162. The number of ether oxygens (including phenoxy) is 1. The number of sulfone groups is 1. The molecule has 0 bridgehead atoms. The first kappa shape index (κ1) is 26.9. The first-order chi connectivity index (χ1) is 17.2. The molecule has 1 aromatic carbocycles. The van der Waals surface area contributed by atoms with Crippen LogP contribution in [0.15, 0.2) is 28.7 Å². The van der Waals surface area contributed by atoms with Crippen LogP contribution in [0.1, 0.15) is 29.1 Å². The predicted octanol–water partition coefficient (Wildman–Crippen LogP) is 2.33. The standard InChI is InChI=1S/C22H23F2N3O8S2/c1-11-17-19(27(37(4,31)32)9-14(34-11)10-36(3,29)30)16(24)21-18(25-17)15(22(28)26-33-2)20(35-21)12-5-7-13(23)8-6-12/h5-8,11,14H,9-10H2,1-4H3,(H,26,28)/t11-,14-/m0/s1. The van der Waals surface area contributed by atoms with Crippen LogP contribution in [0.4, 0.5) is 14.5 Å². The molecule has 3 aromatic rings. The molecule has 1 amide bonds. The van der Waals surface area contributed by atoms with Crippen LogP contribution in [0.25, 0.3) is 22.4 Å². The number of hydrogen-bond acceptors (Lipinski definition) is 9. The van der Waals surface area contributed by atoms with Crippen LogP contribution in [-0.2, 0) is 29.4 Å². The van der Waals surface area contributed by atoms with Gasteiger partial charge in [0.05, 0.1) is 43.6 Å². The molecule has 0 saturated heterocycles. The largest absolute Gasteiger partial charge is 0.450 e. The van der Waals surface area contributed by atoms with Crippen molar-refractivity contribution in [3.05, 3.63) is 47.2 Å². The number of carbonyl (C=O) groups excluding carboxylic acids is 1. The summed E-state index contributed by atoms with van der Waals surface area (Å²) in [6.45, 7) is 0.948. The summed E-state index contributed by atoms with van der Waals surface area (Å²) in [5.74, 6) is -3.25. The highest BCUT2D eigenvalue weighted by Crippen LogP contribution is 2.42. The molecule has 4 rings (SSSR count). The van der Waals surface area contributed by atoms with Crippen LogP contribution >= 0.6 is 0 Å². The summed E-state index contributed by atoms with van der Waals surface area (Å²) in [6.07, 6.45) is -0.411. The van der Waals surface area contributed by atoms with E-state index < -0.39 is 73.2 Å². The number of aromatic nitrogens is 1. The van der Waals surface area contributed by atoms with Gasteiger partial charge in [0.2, 0.25) is 10.0 Å². The monoisotopic (exact) mass is 559 g/mol. The molecule has 0 radical (unpaired) electrons. The van der Waals surface area contributed by atoms with Gasteiger partial charge in [-0.05, 0) is 31.2 Å². The van der Waals surface area contributed by atoms with Gasteiger partial charge in [-0.25, -0.2) is 36.1 Å². The van der Waals surface area contributed by atoms with Gasteiger partial charge in [0.15, 0.2) is 11.4 Å². The fraction of sp³-hybridized carbons (Fsp3) is 0.364. The maximum Gasteiger partial charge on any atom is 0.281 e. The lowest BCUT2D eigenvalue weighted by Gasteiger charge is -2.24. The average molecular weight is 560 g/mol. The molecule has 1 aliphatic heterocycles. The Morgan fingerprint density at radius 3 is 2.41 bits per heavy atom. The molecular formula is C22H23F2N3O8S2.